The maximum absolute atomic E-state index is 14.4. The predicted molar refractivity (Wildman–Crippen MR) is 301 cm³/mol. The van der Waals surface area contributed by atoms with Crippen LogP contribution in [0.1, 0.15) is 227 Å². The second-order valence-corrected chi connectivity index (χ2v) is 25.7. The van der Waals surface area contributed by atoms with Gasteiger partial charge in [-0.3, -0.25) is 9.59 Å². The summed E-state index contributed by atoms with van der Waals surface area (Å²) in [7, 11) is 0. The number of hydrogen-bond acceptors (Lipinski definition) is 14. The lowest BCUT2D eigenvalue weighted by molar-refractivity contribution is -0.168. The molecule has 5 heterocycles. The number of cyclic esters (lactones) is 2. The van der Waals surface area contributed by atoms with E-state index in [-0.39, 0.29) is 96.8 Å². The van der Waals surface area contributed by atoms with E-state index in [1.807, 2.05) is 26.0 Å². The summed E-state index contributed by atoms with van der Waals surface area (Å²) in [6.45, 7) is 10.7. The number of fused-ring (bicyclic) bond motifs is 6. The minimum Gasteiger partial charge on any atom is -0.507 e. The van der Waals surface area contributed by atoms with Crippen LogP contribution in [0.4, 0.5) is 0 Å². The van der Waals surface area contributed by atoms with E-state index < -0.39 is 71.3 Å². The summed E-state index contributed by atoms with van der Waals surface area (Å²) >= 11 is 0. The minimum atomic E-state index is -1.09. The molecule has 448 valence electrons. The first-order chi connectivity index (χ1) is 38.1. The molecule has 7 rings (SSSR count). The number of carboxylic acid groups (broad SMARTS) is 2. The van der Waals surface area contributed by atoms with Gasteiger partial charge in [-0.2, -0.15) is 0 Å². The molecule has 0 amide bonds. The standard InChI is InChI=1S/C64H96O16/c1-39-31-33-47-23-11-21-45(75-47)19-8-16-42-18-10-28-52(68)58(42)60(70)80-54(38-44(66)36-50-26-14-30-56(78-50)64(5,6)62(73)74)40(2)32-34-48-24-12-22-46(76-48)20-7-15-41-17-9-27-51(67)57(41)59(69)79-53(39)37-43(65)35-49-25-13-29-55(77-49)63(3,4)61(71)72/h9-10,17-18,27-28,39-40,43-50,53-56,65-68H,7-8,11-16,19-26,29-38H2,1-6H3,(H,71,72)(H,73,74). The molecule has 16 nitrogen and oxygen atoms in total. The molecule has 80 heavy (non-hydrogen) atoms. The summed E-state index contributed by atoms with van der Waals surface area (Å²) < 4.78 is 38.9. The number of rotatable bonds is 12. The number of esters is 2. The van der Waals surface area contributed by atoms with Crippen LogP contribution in [0.15, 0.2) is 36.4 Å². The van der Waals surface area contributed by atoms with Gasteiger partial charge in [0, 0.05) is 12.8 Å². The van der Waals surface area contributed by atoms with E-state index in [0.717, 1.165) is 64.2 Å². The molecule has 4 bridgehead atoms. The van der Waals surface area contributed by atoms with Crippen LogP contribution in [-0.2, 0) is 50.9 Å². The van der Waals surface area contributed by atoms with Gasteiger partial charge in [-0.15, -0.1) is 0 Å². The van der Waals surface area contributed by atoms with Crippen LogP contribution in [0.5, 0.6) is 11.5 Å². The first-order valence-electron chi connectivity index (χ1n) is 30.6. The SMILES string of the molecule is CC1CCC2CCCC(CCCc3cccc(O)c3C(=O)OC(CC(O)CC3CCCC(C(C)(C)C(=O)O)O3)C(C)CCC3CCCC(CCCc4cccc(O)c4C(=O)OC1CC(O)CC1CCCC(C(C)(C)C(=O)O)O1)O3)O2. The number of carbonyl (C=O) groups excluding carboxylic acids is 2. The maximum Gasteiger partial charge on any atom is 0.342 e. The second kappa shape index (κ2) is 29.3. The molecule has 2 aromatic carbocycles. The minimum absolute atomic E-state index is 0.0299. The topological polar surface area (TPSA) is 245 Å². The highest BCUT2D eigenvalue weighted by atomic mass is 16.6. The van der Waals surface area contributed by atoms with Gasteiger partial charge >= 0.3 is 23.9 Å². The number of aliphatic hydroxyl groups is 2. The molecule has 14 atom stereocenters. The van der Waals surface area contributed by atoms with Crippen molar-refractivity contribution in [2.24, 2.45) is 22.7 Å². The number of ether oxygens (including phenoxy) is 6. The van der Waals surface area contributed by atoms with Crippen molar-refractivity contribution in [3.8, 4) is 11.5 Å². The van der Waals surface area contributed by atoms with Crippen molar-refractivity contribution in [2.45, 2.75) is 282 Å². The van der Waals surface area contributed by atoms with E-state index in [2.05, 4.69) is 0 Å². The van der Waals surface area contributed by atoms with Gasteiger partial charge in [0.05, 0.1) is 71.9 Å². The third-order valence-electron chi connectivity index (χ3n) is 18.6. The molecule has 2 aromatic rings. The van der Waals surface area contributed by atoms with Crippen LogP contribution in [0.3, 0.4) is 0 Å². The van der Waals surface area contributed by atoms with Crippen LogP contribution in [0, 0.1) is 22.7 Å². The molecule has 5 aliphatic heterocycles. The Labute approximate surface area is 475 Å². The van der Waals surface area contributed by atoms with Crippen molar-refractivity contribution >= 4 is 23.9 Å². The fourth-order valence-corrected chi connectivity index (χ4v) is 13.2. The molecular weight excluding hydrogens is 1020 g/mol. The van der Waals surface area contributed by atoms with Gasteiger partial charge in [-0.25, -0.2) is 9.59 Å². The van der Waals surface area contributed by atoms with Crippen molar-refractivity contribution in [3.05, 3.63) is 58.7 Å². The number of aromatic hydroxyl groups is 2. The Morgan fingerprint density at radius 1 is 0.487 bits per heavy atom. The van der Waals surface area contributed by atoms with E-state index in [1.165, 1.54) is 12.1 Å². The van der Waals surface area contributed by atoms with Crippen LogP contribution in [0.25, 0.3) is 0 Å². The number of aliphatic hydroxyl groups excluding tert-OH is 2. The van der Waals surface area contributed by atoms with Gasteiger partial charge in [0.2, 0.25) is 0 Å². The first kappa shape index (κ1) is 63.3. The molecule has 0 aliphatic carbocycles. The molecule has 0 saturated carbocycles. The van der Waals surface area contributed by atoms with E-state index in [9.17, 15) is 49.8 Å². The zero-order valence-corrected chi connectivity index (χ0v) is 48.7. The van der Waals surface area contributed by atoms with Gasteiger partial charge in [-0.05, 0) is 217 Å². The summed E-state index contributed by atoms with van der Waals surface area (Å²) in [4.78, 5) is 53.1. The predicted octanol–water partition coefficient (Wildman–Crippen LogP) is 11.6. The number of carbonyl (C=O) groups is 4. The van der Waals surface area contributed by atoms with Gasteiger partial charge in [-0.1, -0.05) is 38.1 Å². The van der Waals surface area contributed by atoms with Gasteiger partial charge in [0.25, 0.3) is 0 Å². The quantitative estimate of drug-likeness (QED) is 0.108. The second-order valence-electron chi connectivity index (χ2n) is 25.7. The Kier molecular flexibility index (Phi) is 23.2. The molecule has 4 fully saturated rings. The monoisotopic (exact) mass is 1120 g/mol. The van der Waals surface area contributed by atoms with Crippen molar-refractivity contribution in [2.75, 3.05) is 0 Å². The molecule has 14 unspecified atom stereocenters. The smallest absolute Gasteiger partial charge is 0.342 e. The van der Waals surface area contributed by atoms with Crippen molar-refractivity contribution in [1.82, 2.24) is 0 Å². The van der Waals surface area contributed by atoms with E-state index in [0.29, 0.717) is 88.2 Å². The average molecular weight is 1120 g/mol. The zero-order chi connectivity index (χ0) is 57.7. The number of aryl methyl sites for hydroxylation is 2. The molecule has 16 heteroatoms. The van der Waals surface area contributed by atoms with Crippen LogP contribution < -0.4 is 0 Å². The molecule has 0 aromatic heterocycles. The fourth-order valence-electron chi connectivity index (χ4n) is 13.2. The molecule has 0 radical (unpaired) electrons. The van der Waals surface area contributed by atoms with Gasteiger partial charge < -0.3 is 59.1 Å². The van der Waals surface area contributed by atoms with Crippen LogP contribution >= 0.6 is 0 Å². The molecule has 5 aliphatic rings. The summed E-state index contributed by atoms with van der Waals surface area (Å²) in [5, 5.41) is 65.8. The van der Waals surface area contributed by atoms with E-state index in [4.69, 9.17) is 28.4 Å². The van der Waals surface area contributed by atoms with Crippen LogP contribution in [-0.4, -0.2) is 128 Å². The summed E-state index contributed by atoms with van der Waals surface area (Å²) in [6, 6.07) is 10.2. The Balaban J connectivity index is 1.08. The number of carboxylic acids is 2. The number of benzene rings is 2. The first-order valence-corrected chi connectivity index (χ1v) is 30.6. The summed E-state index contributed by atoms with van der Waals surface area (Å²) in [5.74, 6) is -3.90. The van der Waals surface area contributed by atoms with Gasteiger partial charge in [0.15, 0.2) is 0 Å². The Bertz CT molecular complexity index is 2170. The number of hydrogen-bond donors (Lipinski definition) is 6. The molecular formula is C64H96O16. The largest absolute Gasteiger partial charge is 0.507 e. The Morgan fingerprint density at radius 2 is 0.838 bits per heavy atom. The van der Waals surface area contributed by atoms with Gasteiger partial charge in [0.1, 0.15) is 34.8 Å². The van der Waals surface area contributed by atoms with Crippen LogP contribution in [0.2, 0.25) is 0 Å². The van der Waals surface area contributed by atoms with Crippen molar-refractivity contribution in [1.29, 1.82) is 0 Å². The van der Waals surface area contributed by atoms with E-state index >= 15 is 0 Å². The number of aliphatic carboxylic acids is 2. The van der Waals surface area contributed by atoms with Crippen molar-refractivity contribution < 1.29 is 78.2 Å². The van der Waals surface area contributed by atoms with Crippen molar-refractivity contribution in [3.63, 3.8) is 0 Å². The maximum atomic E-state index is 14.4. The highest BCUT2D eigenvalue weighted by Gasteiger charge is 2.43. The zero-order valence-electron chi connectivity index (χ0n) is 48.7. The highest BCUT2D eigenvalue weighted by Crippen LogP contribution is 2.39. The number of phenolic OH excluding ortho intramolecular Hbond substituents is 2. The lowest BCUT2D eigenvalue weighted by Crippen LogP contribution is -2.44. The van der Waals surface area contributed by atoms with E-state index in [1.54, 1.807) is 39.8 Å². The highest BCUT2D eigenvalue weighted by molar-refractivity contribution is 5.95. The summed E-state index contributed by atoms with van der Waals surface area (Å²) in [5.41, 5.74) is -0.609. The third kappa shape index (κ3) is 17.4. The molecule has 6 N–H and O–H groups in total. The Hall–Kier alpha value is -4.32. The fraction of sp³-hybridized carbons (Fsp3) is 0.750. The lowest BCUT2D eigenvalue weighted by atomic mass is 9.81. The lowest BCUT2D eigenvalue weighted by Gasteiger charge is -2.38. The Morgan fingerprint density at radius 3 is 1.21 bits per heavy atom. The number of phenols is 2. The molecule has 0 spiro atoms. The summed E-state index contributed by atoms with van der Waals surface area (Å²) in [6.07, 6.45) is 11.7. The normalized spacial score (nSPS) is 31.4. The average Bonchev–Trinajstić information content (AvgIpc) is 3.42. The molecule has 4 saturated heterocycles. The third-order valence-corrected chi connectivity index (χ3v) is 18.6.